The molecule has 1 heterocycles. The number of hydrogen-bond donors (Lipinski definition) is 1. The molecule has 1 N–H and O–H groups in total. The first-order chi connectivity index (χ1) is 16.2. The number of likely N-dealkylation sites (N-methyl/N-ethyl adjacent to an activating group) is 1. The number of allylic oxidation sites excluding steroid dienone is 4. The molecule has 1 aliphatic rings. The minimum absolute atomic E-state index is 0.0577. The van der Waals surface area contributed by atoms with E-state index in [0.29, 0.717) is 12.3 Å². The third-order valence-corrected chi connectivity index (χ3v) is 6.63. The molecule has 0 saturated heterocycles. The second-order valence-corrected chi connectivity index (χ2v) is 9.66. The standard InChI is InChI=1S/C26H31N5O2S/c1-16(2)33-23(18(4)14-27)13-10-17(3)25-29-30-26(34-25)21-9-7-8-20-19(21)11-12-22(20)28-15-24(32)31(5)6/h7-10,13,16,22,28H,4,11-12,15H2,1-3,5-6H3/b17-10+,23-13+. The van der Waals surface area contributed by atoms with E-state index in [1.54, 1.807) is 25.1 Å². The van der Waals surface area contributed by atoms with Crippen molar-refractivity contribution >= 4 is 22.8 Å². The van der Waals surface area contributed by atoms with Crippen LogP contribution in [0.1, 0.15) is 49.4 Å². The fourth-order valence-corrected chi connectivity index (χ4v) is 4.60. The highest BCUT2D eigenvalue weighted by atomic mass is 32.1. The zero-order valence-corrected chi connectivity index (χ0v) is 21.2. The molecule has 1 atom stereocenters. The van der Waals surface area contributed by atoms with Crippen LogP contribution in [0, 0.1) is 11.3 Å². The number of aromatic nitrogens is 2. The Labute approximate surface area is 205 Å². The molecule has 178 valence electrons. The van der Waals surface area contributed by atoms with Gasteiger partial charge >= 0.3 is 0 Å². The van der Waals surface area contributed by atoms with Crippen LogP contribution in [0.3, 0.4) is 0 Å². The maximum Gasteiger partial charge on any atom is 0.236 e. The average molecular weight is 478 g/mol. The lowest BCUT2D eigenvalue weighted by molar-refractivity contribution is -0.127. The summed E-state index contributed by atoms with van der Waals surface area (Å²) in [7, 11) is 3.53. The molecule has 0 radical (unpaired) electrons. The van der Waals surface area contributed by atoms with Crippen molar-refractivity contribution in [1.29, 1.82) is 5.26 Å². The van der Waals surface area contributed by atoms with Crippen molar-refractivity contribution in [2.24, 2.45) is 0 Å². The van der Waals surface area contributed by atoms with E-state index in [2.05, 4.69) is 34.2 Å². The van der Waals surface area contributed by atoms with Crippen LogP contribution in [0.2, 0.25) is 0 Å². The van der Waals surface area contributed by atoms with Gasteiger partial charge in [0.1, 0.15) is 21.8 Å². The number of rotatable bonds is 9. The molecule has 1 unspecified atom stereocenters. The second kappa shape index (κ2) is 11.2. The van der Waals surface area contributed by atoms with Gasteiger partial charge < -0.3 is 15.0 Å². The lowest BCUT2D eigenvalue weighted by Crippen LogP contribution is -2.34. The van der Waals surface area contributed by atoms with Crippen molar-refractivity contribution < 1.29 is 9.53 Å². The molecule has 1 aromatic heterocycles. The van der Waals surface area contributed by atoms with Gasteiger partial charge in [-0.05, 0) is 56.4 Å². The molecule has 1 aromatic carbocycles. The topological polar surface area (TPSA) is 91.1 Å². The molecule has 0 saturated carbocycles. The summed E-state index contributed by atoms with van der Waals surface area (Å²) in [5, 5.41) is 23.1. The summed E-state index contributed by atoms with van der Waals surface area (Å²) >= 11 is 1.53. The zero-order chi connectivity index (χ0) is 24.8. The first-order valence-electron chi connectivity index (χ1n) is 11.3. The van der Waals surface area contributed by atoms with Crippen molar-refractivity contribution in [3.63, 3.8) is 0 Å². The highest BCUT2D eigenvalue weighted by molar-refractivity contribution is 7.15. The number of ether oxygens (including phenoxy) is 1. The van der Waals surface area contributed by atoms with Gasteiger partial charge in [-0.2, -0.15) is 5.26 Å². The zero-order valence-electron chi connectivity index (χ0n) is 20.4. The van der Waals surface area contributed by atoms with Crippen LogP contribution in [-0.4, -0.2) is 47.7 Å². The van der Waals surface area contributed by atoms with E-state index in [4.69, 9.17) is 4.74 Å². The molecule has 0 fully saturated rings. The monoisotopic (exact) mass is 477 g/mol. The first-order valence-corrected chi connectivity index (χ1v) is 12.1. The van der Waals surface area contributed by atoms with Gasteiger partial charge in [0.2, 0.25) is 5.91 Å². The van der Waals surface area contributed by atoms with Gasteiger partial charge in [-0.1, -0.05) is 42.2 Å². The van der Waals surface area contributed by atoms with Crippen LogP contribution in [0.4, 0.5) is 0 Å². The number of benzene rings is 1. The minimum atomic E-state index is -0.0577. The van der Waals surface area contributed by atoms with E-state index < -0.39 is 0 Å². The van der Waals surface area contributed by atoms with Crippen LogP contribution in [0.25, 0.3) is 16.1 Å². The molecule has 1 aliphatic carbocycles. The molecule has 0 spiro atoms. The van der Waals surface area contributed by atoms with E-state index in [9.17, 15) is 10.1 Å². The molecular formula is C26H31N5O2S. The molecule has 2 aromatic rings. The normalized spacial score (nSPS) is 15.7. The lowest BCUT2D eigenvalue weighted by atomic mass is 10.0. The number of amides is 1. The van der Waals surface area contributed by atoms with Gasteiger partial charge in [-0.3, -0.25) is 4.79 Å². The SMILES string of the molecule is C=C(C#N)/C(=C\C=C(/C)c1nnc(-c2cccc3c2CCC3NCC(=O)N(C)C)s1)OC(C)C. The largest absolute Gasteiger partial charge is 0.490 e. The van der Waals surface area contributed by atoms with Gasteiger partial charge in [0.15, 0.2) is 0 Å². The number of nitriles is 1. The smallest absolute Gasteiger partial charge is 0.236 e. The molecule has 7 nitrogen and oxygen atoms in total. The number of carbonyl (C=O) groups excluding carboxylic acids is 1. The number of hydrogen-bond acceptors (Lipinski definition) is 7. The predicted octanol–water partition coefficient (Wildman–Crippen LogP) is 4.66. The molecule has 0 bridgehead atoms. The van der Waals surface area contributed by atoms with Crippen molar-refractivity contribution in [2.75, 3.05) is 20.6 Å². The fourth-order valence-electron chi connectivity index (χ4n) is 3.72. The van der Waals surface area contributed by atoms with Crippen molar-refractivity contribution in [2.45, 2.75) is 45.8 Å². The Hall–Kier alpha value is -3.28. The van der Waals surface area contributed by atoms with Gasteiger partial charge in [0.05, 0.1) is 18.2 Å². The first kappa shape index (κ1) is 25.3. The summed E-state index contributed by atoms with van der Waals surface area (Å²) in [6.07, 6.45) is 5.45. The Morgan fingerprint density at radius 1 is 1.38 bits per heavy atom. The van der Waals surface area contributed by atoms with Crippen LogP contribution in [0.5, 0.6) is 0 Å². The molecule has 1 amide bonds. The summed E-state index contributed by atoms with van der Waals surface area (Å²) in [4.78, 5) is 13.6. The summed E-state index contributed by atoms with van der Waals surface area (Å²) in [6, 6.07) is 8.45. The molecule has 0 aliphatic heterocycles. The van der Waals surface area contributed by atoms with Gasteiger partial charge in [0, 0.05) is 25.7 Å². The Morgan fingerprint density at radius 2 is 2.15 bits per heavy atom. The van der Waals surface area contributed by atoms with Crippen molar-refractivity contribution in [1.82, 2.24) is 20.4 Å². The second-order valence-electron chi connectivity index (χ2n) is 8.68. The summed E-state index contributed by atoms with van der Waals surface area (Å²) in [5.74, 6) is 0.517. The predicted molar refractivity (Wildman–Crippen MR) is 136 cm³/mol. The van der Waals surface area contributed by atoms with E-state index in [1.165, 1.54) is 22.5 Å². The van der Waals surface area contributed by atoms with Gasteiger partial charge in [0.25, 0.3) is 0 Å². The Morgan fingerprint density at radius 3 is 2.82 bits per heavy atom. The summed E-state index contributed by atoms with van der Waals surface area (Å²) in [5.41, 5.74) is 4.79. The van der Waals surface area contributed by atoms with Gasteiger partial charge in [-0.25, -0.2) is 0 Å². The highest BCUT2D eigenvalue weighted by Crippen LogP contribution is 2.39. The maximum atomic E-state index is 12.0. The number of carbonyl (C=O) groups is 1. The van der Waals surface area contributed by atoms with E-state index in [0.717, 1.165) is 34.0 Å². The Kier molecular flexibility index (Phi) is 8.37. The minimum Gasteiger partial charge on any atom is -0.490 e. The van der Waals surface area contributed by atoms with E-state index >= 15 is 0 Å². The fraction of sp³-hybridized carbons (Fsp3) is 0.385. The van der Waals surface area contributed by atoms with E-state index in [-0.39, 0.29) is 23.6 Å². The summed E-state index contributed by atoms with van der Waals surface area (Å²) < 4.78 is 5.70. The van der Waals surface area contributed by atoms with Crippen LogP contribution < -0.4 is 5.32 Å². The van der Waals surface area contributed by atoms with Crippen LogP contribution in [0.15, 0.2) is 48.3 Å². The summed E-state index contributed by atoms with van der Waals surface area (Å²) in [6.45, 7) is 9.85. The van der Waals surface area contributed by atoms with Gasteiger partial charge in [-0.15, -0.1) is 10.2 Å². The maximum absolute atomic E-state index is 12.0. The van der Waals surface area contributed by atoms with Crippen LogP contribution in [-0.2, 0) is 16.0 Å². The highest BCUT2D eigenvalue weighted by Gasteiger charge is 2.26. The van der Waals surface area contributed by atoms with E-state index in [1.807, 2.05) is 39.0 Å². The third-order valence-electron chi connectivity index (χ3n) is 5.54. The average Bonchev–Trinajstić information content (AvgIpc) is 3.46. The Balaban J connectivity index is 1.81. The van der Waals surface area contributed by atoms with Crippen molar-refractivity contribution in [3.05, 3.63) is 64.4 Å². The number of nitrogens with one attached hydrogen (secondary N) is 1. The number of fused-ring (bicyclic) bond motifs is 1. The third kappa shape index (κ3) is 5.99. The van der Waals surface area contributed by atoms with Crippen molar-refractivity contribution in [3.8, 4) is 16.6 Å². The molecule has 3 rings (SSSR count). The number of nitrogens with zero attached hydrogens (tertiary/aromatic N) is 4. The molecule has 8 heteroatoms. The lowest BCUT2D eigenvalue weighted by Gasteiger charge is -2.16. The molecular weight excluding hydrogens is 446 g/mol. The quantitative estimate of drug-likeness (QED) is 0.321. The van der Waals surface area contributed by atoms with Crippen LogP contribution >= 0.6 is 11.3 Å². The molecule has 34 heavy (non-hydrogen) atoms. The Bertz CT molecular complexity index is 1170.